The first-order chi connectivity index (χ1) is 10.2. The molecule has 21 heavy (non-hydrogen) atoms. The van der Waals surface area contributed by atoms with Crippen LogP contribution in [0.25, 0.3) is 0 Å². The monoisotopic (exact) mass is 310 g/mol. The molecule has 0 spiro atoms. The van der Waals surface area contributed by atoms with E-state index in [1.807, 2.05) is 17.0 Å². The normalized spacial score (nSPS) is 16.0. The standard InChI is InChI=1S/C16H24ClN3O/c1-2-3-8-18-16(21)20-11-9-19(10-12-20)13-14-4-6-15(17)7-5-14/h4-7H,2-3,8-13H2,1H3,(H,18,21)/p+1. The van der Waals surface area contributed by atoms with E-state index in [-0.39, 0.29) is 6.03 Å². The lowest BCUT2D eigenvalue weighted by atomic mass is 10.2. The average Bonchev–Trinajstić information content (AvgIpc) is 2.50. The van der Waals surface area contributed by atoms with Gasteiger partial charge in [-0.25, -0.2) is 4.79 Å². The third-order valence-corrected chi connectivity index (χ3v) is 4.18. The largest absolute Gasteiger partial charge is 0.338 e. The highest BCUT2D eigenvalue weighted by atomic mass is 35.5. The fourth-order valence-electron chi connectivity index (χ4n) is 2.58. The number of halogens is 1. The lowest BCUT2D eigenvalue weighted by Crippen LogP contribution is -3.13. The fraction of sp³-hybridized carbons (Fsp3) is 0.562. The van der Waals surface area contributed by atoms with Crippen LogP contribution < -0.4 is 10.2 Å². The van der Waals surface area contributed by atoms with E-state index in [4.69, 9.17) is 11.6 Å². The second kappa shape index (κ2) is 8.25. The van der Waals surface area contributed by atoms with Gasteiger partial charge in [0.15, 0.2) is 0 Å². The van der Waals surface area contributed by atoms with Crippen molar-refractivity contribution in [2.45, 2.75) is 26.3 Å². The first kappa shape index (κ1) is 16.1. The zero-order valence-electron chi connectivity index (χ0n) is 12.7. The van der Waals surface area contributed by atoms with Crippen LogP contribution in [0.4, 0.5) is 4.79 Å². The molecule has 1 heterocycles. The van der Waals surface area contributed by atoms with Crippen molar-refractivity contribution in [1.82, 2.24) is 10.2 Å². The van der Waals surface area contributed by atoms with Gasteiger partial charge in [-0.2, -0.15) is 0 Å². The Hall–Kier alpha value is -1.26. The topological polar surface area (TPSA) is 36.8 Å². The van der Waals surface area contributed by atoms with E-state index in [1.54, 1.807) is 0 Å². The Morgan fingerprint density at radius 2 is 1.95 bits per heavy atom. The molecule has 2 rings (SSSR count). The molecule has 0 atom stereocenters. The van der Waals surface area contributed by atoms with Crippen LogP contribution in [0.2, 0.25) is 5.02 Å². The summed E-state index contributed by atoms with van der Waals surface area (Å²) < 4.78 is 0. The highest BCUT2D eigenvalue weighted by molar-refractivity contribution is 6.30. The molecule has 116 valence electrons. The molecular weight excluding hydrogens is 286 g/mol. The van der Waals surface area contributed by atoms with Crippen molar-refractivity contribution in [3.05, 3.63) is 34.9 Å². The van der Waals surface area contributed by atoms with Crippen molar-refractivity contribution in [3.8, 4) is 0 Å². The second-order valence-corrected chi connectivity index (χ2v) is 6.06. The number of quaternary nitrogens is 1. The maximum Gasteiger partial charge on any atom is 0.317 e. The summed E-state index contributed by atoms with van der Waals surface area (Å²) in [5, 5.41) is 3.77. The smallest absolute Gasteiger partial charge is 0.317 e. The summed E-state index contributed by atoms with van der Waals surface area (Å²) in [5.74, 6) is 0. The third kappa shape index (κ3) is 5.21. The van der Waals surface area contributed by atoms with Gasteiger partial charge < -0.3 is 15.1 Å². The predicted octanol–water partition coefficient (Wildman–Crippen LogP) is 1.55. The minimum absolute atomic E-state index is 0.0917. The lowest BCUT2D eigenvalue weighted by molar-refractivity contribution is -0.917. The number of urea groups is 1. The Bertz CT molecular complexity index is 441. The van der Waals surface area contributed by atoms with Gasteiger partial charge in [-0.15, -0.1) is 0 Å². The van der Waals surface area contributed by atoms with Gasteiger partial charge in [-0.3, -0.25) is 0 Å². The maximum atomic E-state index is 12.0. The van der Waals surface area contributed by atoms with Crippen molar-refractivity contribution in [2.24, 2.45) is 0 Å². The number of unbranched alkanes of at least 4 members (excludes halogenated alkanes) is 1. The molecule has 0 saturated carbocycles. The number of carbonyl (C=O) groups excluding carboxylic acids is 1. The van der Waals surface area contributed by atoms with E-state index in [9.17, 15) is 4.79 Å². The number of hydrogen-bond acceptors (Lipinski definition) is 1. The highest BCUT2D eigenvalue weighted by Crippen LogP contribution is 2.08. The number of nitrogens with one attached hydrogen (secondary N) is 2. The summed E-state index contributed by atoms with van der Waals surface area (Å²) in [4.78, 5) is 15.4. The Balaban J connectivity index is 1.72. The summed E-state index contributed by atoms with van der Waals surface area (Å²) in [6.45, 7) is 7.59. The van der Waals surface area contributed by atoms with E-state index >= 15 is 0 Å². The maximum absolute atomic E-state index is 12.0. The molecule has 0 bridgehead atoms. The van der Waals surface area contributed by atoms with Crippen molar-refractivity contribution < 1.29 is 9.69 Å². The molecule has 0 aliphatic carbocycles. The minimum atomic E-state index is 0.0917. The van der Waals surface area contributed by atoms with Crippen LogP contribution >= 0.6 is 11.6 Å². The molecule has 1 aliphatic rings. The van der Waals surface area contributed by atoms with Gasteiger partial charge >= 0.3 is 6.03 Å². The molecule has 2 N–H and O–H groups in total. The lowest BCUT2D eigenvalue weighted by Gasteiger charge is -2.32. The van der Waals surface area contributed by atoms with E-state index in [0.717, 1.165) is 57.1 Å². The van der Waals surface area contributed by atoms with Crippen molar-refractivity contribution in [2.75, 3.05) is 32.7 Å². The molecule has 1 fully saturated rings. The molecular formula is C16H25ClN3O+. The first-order valence-corrected chi connectivity index (χ1v) is 8.17. The van der Waals surface area contributed by atoms with Crippen molar-refractivity contribution >= 4 is 17.6 Å². The van der Waals surface area contributed by atoms with E-state index in [0.29, 0.717) is 0 Å². The van der Waals surface area contributed by atoms with Gasteiger partial charge in [0, 0.05) is 17.1 Å². The van der Waals surface area contributed by atoms with Gasteiger partial charge in [0.05, 0.1) is 26.2 Å². The van der Waals surface area contributed by atoms with Crippen molar-refractivity contribution in [1.29, 1.82) is 0 Å². The molecule has 0 unspecified atom stereocenters. The van der Waals surface area contributed by atoms with E-state index < -0.39 is 0 Å². The molecule has 1 aromatic rings. The molecule has 5 heteroatoms. The van der Waals surface area contributed by atoms with Crippen LogP contribution in [0.3, 0.4) is 0 Å². The molecule has 1 aromatic carbocycles. The Morgan fingerprint density at radius 3 is 2.57 bits per heavy atom. The molecule has 4 nitrogen and oxygen atoms in total. The number of nitrogens with zero attached hydrogens (tertiary/aromatic N) is 1. The minimum Gasteiger partial charge on any atom is -0.338 e. The van der Waals surface area contributed by atoms with Crippen LogP contribution in [0.15, 0.2) is 24.3 Å². The summed E-state index contributed by atoms with van der Waals surface area (Å²) in [6, 6.07) is 8.13. The predicted molar refractivity (Wildman–Crippen MR) is 85.7 cm³/mol. The first-order valence-electron chi connectivity index (χ1n) is 7.80. The van der Waals surface area contributed by atoms with Crippen LogP contribution in [0.1, 0.15) is 25.3 Å². The second-order valence-electron chi connectivity index (χ2n) is 5.63. The zero-order chi connectivity index (χ0) is 15.1. The van der Waals surface area contributed by atoms with Crippen LogP contribution in [0.5, 0.6) is 0 Å². The van der Waals surface area contributed by atoms with Crippen molar-refractivity contribution in [3.63, 3.8) is 0 Å². The SMILES string of the molecule is CCCCNC(=O)N1CC[NH+](Cc2ccc(Cl)cc2)CC1. The molecule has 1 aliphatic heterocycles. The Morgan fingerprint density at radius 1 is 1.29 bits per heavy atom. The zero-order valence-corrected chi connectivity index (χ0v) is 13.5. The molecule has 0 radical (unpaired) electrons. The van der Waals surface area contributed by atoms with E-state index in [2.05, 4.69) is 24.4 Å². The number of carbonyl (C=O) groups is 1. The third-order valence-electron chi connectivity index (χ3n) is 3.93. The van der Waals surface area contributed by atoms with Crippen LogP contribution in [-0.2, 0) is 6.54 Å². The number of rotatable bonds is 5. The van der Waals surface area contributed by atoms with E-state index in [1.165, 1.54) is 10.5 Å². The van der Waals surface area contributed by atoms with Gasteiger partial charge in [0.2, 0.25) is 0 Å². The Labute approximate surface area is 132 Å². The molecule has 2 amide bonds. The number of hydrogen-bond donors (Lipinski definition) is 2. The van der Waals surface area contributed by atoms with Gasteiger partial charge in [-0.1, -0.05) is 37.1 Å². The fourth-order valence-corrected chi connectivity index (χ4v) is 2.70. The van der Waals surface area contributed by atoms with Crippen LogP contribution in [0, 0.1) is 0 Å². The molecule has 1 saturated heterocycles. The van der Waals surface area contributed by atoms with Gasteiger partial charge in [0.25, 0.3) is 0 Å². The summed E-state index contributed by atoms with van der Waals surface area (Å²) in [5.41, 5.74) is 1.30. The Kier molecular flexibility index (Phi) is 6.33. The summed E-state index contributed by atoms with van der Waals surface area (Å²) in [7, 11) is 0. The van der Waals surface area contributed by atoms with Crippen LogP contribution in [-0.4, -0.2) is 43.7 Å². The number of benzene rings is 1. The molecule has 0 aromatic heterocycles. The summed E-state index contributed by atoms with van der Waals surface area (Å²) in [6.07, 6.45) is 2.16. The summed E-state index contributed by atoms with van der Waals surface area (Å²) >= 11 is 5.90. The number of amides is 2. The average molecular weight is 311 g/mol. The number of piperazine rings is 1. The quantitative estimate of drug-likeness (QED) is 0.796. The highest BCUT2D eigenvalue weighted by Gasteiger charge is 2.23. The van der Waals surface area contributed by atoms with Gasteiger partial charge in [-0.05, 0) is 18.6 Å². The van der Waals surface area contributed by atoms with Gasteiger partial charge in [0.1, 0.15) is 6.54 Å².